The third-order valence-electron chi connectivity index (χ3n) is 11.2. The summed E-state index contributed by atoms with van der Waals surface area (Å²) in [5, 5.41) is 0. The van der Waals surface area contributed by atoms with Crippen molar-refractivity contribution in [3.8, 4) is 0 Å². The van der Waals surface area contributed by atoms with Gasteiger partial charge in [-0.05, 0) is 0 Å². The van der Waals surface area contributed by atoms with E-state index < -0.39 is 36.8 Å². The number of carbonyl (C=O) groups excluding carboxylic acids is 1. The van der Waals surface area contributed by atoms with Crippen LogP contribution in [0.4, 0.5) is 0 Å². The van der Waals surface area contributed by atoms with Crippen molar-refractivity contribution in [2.45, 2.75) is 185 Å². The summed E-state index contributed by atoms with van der Waals surface area (Å²) in [6.07, 6.45) is 30.1. The number of hydrogen-bond donors (Lipinski definition) is 0. The number of allylic oxidation sites excluding steroid dienone is 2. The van der Waals surface area contributed by atoms with Crippen LogP contribution in [0, 0.1) is 5.92 Å². The van der Waals surface area contributed by atoms with Gasteiger partial charge in [0.25, 0.3) is 0 Å². The van der Waals surface area contributed by atoms with Crippen LogP contribution in [0.25, 0.3) is 0 Å². The van der Waals surface area contributed by atoms with Gasteiger partial charge in [-0.2, -0.15) is 0 Å². The molecule has 0 unspecified atom stereocenters. The van der Waals surface area contributed by atoms with Crippen molar-refractivity contribution < 1.29 is 4.79 Å². The number of carbonyl (C=O) groups is 1. The predicted molar refractivity (Wildman–Crippen MR) is 192 cm³/mol. The monoisotopic (exact) mass is 789 g/mol. The van der Waals surface area contributed by atoms with E-state index in [4.69, 9.17) is 0 Å². The average Bonchev–Trinajstić information content (AvgIpc) is 2.99. The molecule has 0 aromatic rings. The van der Waals surface area contributed by atoms with Crippen molar-refractivity contribution in [1.82, 2.24) is 4.90 Å². The van der Waals surface area contributed by atoms with E-state index in [2.05, 4.69) is 67.8 Å². The Morgan fingerprint density at radius 2 is 0.976 bits per heavy atom. The van der Waals surface area contributed by atoms with Gasteiger partial charge in [0.2, 0.25) is 0 Å². The first-order chi connectivity index (χ1) is 19.8. The van der Waals surface area contributed by atoms with E-state index in [1.807, 2.05) is 4.90 Å². The fraction of sp³-hybridized carbons (Fsp3) is 0.919. The Bertz CT molecular complexity index is 622. The third kappa shape index (κ3) is 11.9. The zero-order valence-electron chi connectivity index (χ0n) is 29.6. The molecule has 0 radical (unpaired) electrons. The van der Waals surface area contributed by atoms with Gasteiger partial charge in [-0.15, -0.1) is 0 Å². The normalized spacial score (nSPS) is 15.6. The van der Waals surface area contributed by atoms with Gasteiger partial charge < -0.3 is 0 Å². The first-order valence-electron chi connectivity index (χ1n) is 18.7. The Hall–Kier alpha value is 0.807. The fourth-order valence-electron chi connectivity index (χ4n) is 8.55. The van der Waals surface area contributed by atoms with Crippen LogP contribution in [0.2, 0.25) is 28.1 Å². The zero-order chi connectivity index (χ0) is 30.6. The van der Waals surface area contributed by atoms with Gasteiger partial charge in [-0.3, -0.25) is 0 Å². The third-order valence-corrected chi connectivity index (χ3v) is 66.7. The second kappa shape index (κ2) is 22.3. The maximum absolute atomic E-state index is 14.3. The summed E-state index contributed by atoms with van der Waals surface area (Å²) in [4.78, 5) is 16.3. The standard InChI is InChI=1S/C13H21NO.6C4H9.2Sn/c1-14(2)13(15)11-7-6-10-12-8-4-3-5-9-12;6*1-3-4-2;;/h6,10,12H,3-5,8-9,11H2,1-2H3;6*1,3-4H2,2H3;;/b10-6+;;;;;;;;. The Balaban J connectivity index is 4.22. The van der Waals surface area contributed by atoms with Crippen LogP contribution in [0.15, 0.2) is 12.2 Å². The molecule has 41 heavy (non-hydrogen) atoms. The summed E-state index contributed by atoms with van der Waals surface area (Å²) in [7, 11) is 4.11. The van der Waals surface area contributed by atoms with E-state index in [9.17, 15) is 4.79 Å². The van der Waals surface area contributed by atoms with Crippen molar-refractivity contribution in [3.05, 3.63) is 12.2 Å². The molecule has 4 heteroatoms. The van der Waals surface area contributed by atoms with Gasteiger partial charge in [-0.1, -0.05) is 0 Å². The summed E-state index contributed by atoms with van der Waals surface area (Å²) in [6, 6.07) is 0. The minimum atomic E-state index is -2.95. The molecule has 0 atom stereocenters. The molecule has 1 amide bonds. The Morgan fingerprint density at radius 1 is 0.634 bits per heavy atom. The number of rotatable bonds is 24. The SMILES string of the molecule is CCC[CH2][Sn]([CH2]CCC)([CH2]CCC)[C](/C=C/C1CCCCC1)(CC(=O)N(C)C)[Sn]([CH2]CCC)([CH2]CCC)[CH2]CCC. The molecule has 1 aliphatic rings. The van der Waals surface area contributed by atoms with E-state index in [0.717, 1.165) is 12.3 Å². The molecular weight excluding hydrogens is 712 g/mol. The molecule has 0 aromatic heterocycles. The van der Waals surface area contributed by atoms with Crippen LogP contribution in [0.1, 0.15) is 157 Å². The molecular formula is C37H75NOSn2. The number of unbranched alkanes of at least 4 members (excludes halogenated alkanes) is 6. The minimum absolute atomic E-state index is 0.335. The number of amides is 1. The van der Waals surface area contributed by atoms with Gasteiger partial charge in [0.15, 0.2) is 0 Å². The Morgan fingerprint density at radius 3 is 1.27 bits per heavy atom. The van der Waals surface area contributed by atoms with Crippen LogP contribution in [0.5, 0.6) is 0 Å². The van der Waals surface area contributed by atoms with Gasteiger partial charge in [0, 0.05) is 0 Å². The van der Waals surface area contributed by atoms with E-state index in [1.54, 1.807) is 26.6 Å². The molecule has 242 valence electrons. The predicted octanol–water partition coefficient (Wildman–Crippen LogP) is 12.6. The second-order valence-corrected chi connectivity index (χ2v) is 46.7. The molecule has 0 aliphatic heterocycles. The molecule has 1 aliphatic carbocycles. The Labute approximate surface area is 267 Å². The molecule has 1 saturated carbocycles. The summed E-state index contributed by atoms with van der Waals surface area (Å²) in [5.41, 5.74) is 0. The van der Waals surface area contributed by atoms with E-state index >= 15 is 0 Å². The van der Waals surface area contributed by atoms with Crippen molar-refractivity contribution in [1.29, 1.82) is 0 Å². The first kappa shape index (κ1) is 39.8. The maximum atomic E-state index is 14.3. The molecule has 0 bridgehead atoms. The molecule has 0 N–H and O–H groups in total. The quantitative estimate of drug-likeness (QED) is 0.0705. The van der Waals surface area contributed by atoms with E-state index in [-0.39, 0.29) is 0 Å². The van der Waals surface area contributed by atoms with Crippen molar-refractivity contribution in [2.75, 3.05) is 14.1 Å². The average molecular weight is 787 g/mol. The van der Waals surface area contributed by atoms with Crippen molar-refractivity contribution >= 4 is 42.7 Å². The van der Waals surface area contributed by atoms with Crippen LogP contribution in [0.3, 0.4) is 0 Å². The van der Waals surface area contributed by atoms with Crippen LogP contribution in [-0.4, -0.2) is 61.7 Å². The summed E-state index contributed by atoms with van der Waals surface area (Å²) < 4.78 is 9.61. The van der Waals surface area contributed by atoms with Crippen LogP contribution in [-0.2, 0) is 4.79 Å². The zero-order valence-corrected chi connectivity index (χ0v) is 35.3. The van der Waals surface area contributed by atoms with E-state index in [0.29, 0.717) is 7.35 Å². The van der Waals surface area contributed by atoms with Crippen molar-refractivity contribution in [2.24, 2.45) is 5.92 Å². The van der Waals surface area contributed by atoms with Crippen LogP contribution >= 0.6 is 0 Å². The molecule has 1 rings (SSSR count). The summed E-state index contributed by atoms with van der Waals surface area (Å²) in [5.74, 6) is 1.23. The van der Waals surface area contributed by atoms with Crippen molar-refractivity contribution in [3.63, 3.8) is 0 Å². The van der Waals surface area contributed by atoms with Crippen LogP contribution < -0.4 is 0 Å². The van der Waals surface area contributed by atoms with Gasteiger partial charge in [0.1, 0.15) is 0 Å². The van der Waals surface area contributed by atoms with Gasteiger partial charge >= 0.3 is 270 Å². The molecule has 0 aromatic carbocycles. The van der Waals surface area contributed by atoms with Gasteiger partial charge in [-0.25, -0.2) is 0 Å². The summed E-state index contributed by atoms with van der Waals surface area (Å²) >= 11 is -5.90. The number of hydrogen-bond acceptors (Lipinski definition) is 1. The number of nitrogens with zero attached hydrogens (tertiary/aromatic N) is 1. The second-order valence-electron chi connectivity index (χ2n) is 14.4. The first-order valence-corrected chi connectivity index (χ1v) is 33.6. The van der Waals surface area contributed by atoms with E-state index in [1.165, 1.54) is 109 Å². The fourth-order valence-corrected chi connectivity index (χ4v) is 82.8. The summed E-state index contributed by atoms with van der Waals surface area (Å²) in [6.45, 7) is 14.6. The molecule has 0 heterocycles. The molecule has 0 spiro atoms. The molecule has 2 nitrogen and oxygen atoms in total. The molecule has 0 saturated heterocycles. The Kier molecular flexibility index (Phi) is 21.7. The van der Waals surface area contributed by atoms with Gasteiger partial charge in [0.05, 0.1) is 0 Å². The molecule has 1 fully saturated rings. The topological polar surface area (TPSA) is 20.3 Å².